The summed E-state index contributed by atoms with van der Waals surface area (Å²) < 4.78 is 5.28. The molecule has 3 N–H and O–H groups in total. The fourth-order valence-corrected chi connectivity index (χ4v) is 5.06. The zero-order valence-corrected chi connectivity index (χ0v) is 19.6. The summed E-state index contributed by atoms with van der Waals surface area (Å²) in [7, 11) is 1.54. The molecule has 1 saturated carbocycles. The van der Waals surface area contributed by atoms with Crippen LogP contribution in [0, 0.1) is 5.92 Å². The Morgan fingerprint density at radius 2 is 1.46 bits per heavy atom. The number of nitrogens with one attached hydrogen (secondary N) is 1. The van der Waals surface area contributed by atoms with Gasteiger partial charge in [-0.2, -0.15) is 0 Å². The maximum atomic E-state index is 14.0. The molecular formula is C28H29N3O4. The highest BCUT2D eigenvalue weighted by atomic mass is 16.5. The van der Waals surface area contributed by atoms with Crippen LogP contribution in [-0.2, 0) is 19.9 Å². The highest BCUT2D eigenvalue weighted by Gasteiger charge is 2.54. The Hall–Kier alpha value is -4.13. The molecule has 0 heterocycles. The van der Waals surface area contributed by atoms with Crippen LogP contribution in [0.2, 0.25) is 0 Å². The number of para-hydroxylation sites is 1. The summed E-state index contributed by atoms with van der Waals surface area (Å²) >= 11 is 0. The molecule has 1 atom stereocenters. The number of methoxy groups -OCH3 is 1. The Morgan fingerprint density at radius 3 is 2.00 bits per heavy atom. The Balaban J connectivity index is 1.90. The van der Waals surface area contributed by atoms with Crippen molar-refractivity contribution in [3.8, 4) is 5.75 Å². The van der Waals surface area contributed by atoms with Crippen LogP contribution in [0.4, 0.5) is 11.4 Å². The zero-order valence-electron chi connectivity index (χ0n) is 19.6. The van der Waals surface area contributed by atoms with Gasteiger partial charge >= 0.3 is 11.8 Å². The monoisotopic (exact) mass is 471 g/mol. The van der Waals surface area contributed by atoms with Crippen LogP contribution in [0.1, 0.15) is 31.2 Å². The molecule has 1 aliphatic rings. The number of ether oxygens (including phenoxy) is 1. The molecule has 1 unspecified atom stereocenters. The van der Waals surface area contributed by atoms with Gasteiger partial charge in [-0.3, -0.25) is 19.3 Å². The average Bonchev–Trinajstić information content (AvgIpc) is 3.43. The van der Waals surface area contributed by atoms with Gasteiger partial charge in [0.15, 0.2) is 5.54 Å². The van der Waals surface area contributed by atoms with Gasteiger partial charge in [-0.1, -0.05) is 61.4 Å². The summed E-state index contributed by atoms with van der Waals surface area (Å²) in [6.45, 7) is 0. The van der Waals surface area contributed by atoms with E-state index in [-0.39, 0.29) is 5.92 Å². The van der Waals surface area contributed by atoms with Crippen molar-refractivity contribution in [2.45, 2.75) is 31.2 Å². The largest absolute Gasteiger partial charge is 0.497 e. The van der Waals surface area contributed by atoms with Gasteiger partial charge < -0.3 is 15.8 Å². The third-order valence-electron chi connectivity index (χ3n) is 6.65. The fourth-order valence-electron chi connectivity index (χ4n) is 5.06. The Labute approximate surface area is 204 Å². The molecule has 0 aromatic heterocycles. The lowest BCUT2D eigenvalue weighted by atomic mass is 9.74. The van der Waals surface area contributed by atoms with Crippen LogP contribution >= 0.6 is 0 Å². The Morgan fingerprint density at radius 1 is 0.886 bits per heavy atom. The first kappa shape index (κ1) is 24.0. The molecule has 0 aliphatic heterocycles. The average molecular weight is 472 g/mol. The van der Waals surface area contributed by atoms with Crippen molar-refractivity contribution in [1.29, 1.82) is 0 Å². The normalized spacial score (nSPS) is 15.1. The van der Waals surface area contributed by atoms with Crippen molar-refractivity contribution < 1.29 is 19.1 Å². The molecule has 180 valence electrons. The number of benzene rings is 3. The van der Waals surface area contributed by atoms with E-state index in [1.54, 1.807) is 67.8 Å². The van der Waals surface area contributed by atoms with E-state index in [2.05, 4.69) is 5.32 Å². The number of hydrogen-bond donors (Lipinski definition) is 2. The number of rotatable bonds is 7. The minimum Gasteiger partial charge on any atom is -0.497 e. The quantitative estimate of drug-likeness (QED) is 0.503. The van der Waals surface area contributed by atoms with Gasteiger partial charge in [0.25, 0.3) is 0 Å². The molecule has 3 aromatic rings. The lowest BCUT2D eigenvalue weighted by Crippen LogP contribution is -2.63. The molecule has 0 bridgehead atoms. The molecule has 1 fully saturated rings. The Bertz CT molecular complexity index is 1180. The molecule has 3 aromatic carbocycles. The predicted molar refractivity (Wildman–Crippen MR) is 135 cm³/mol. The molecule has 3 amide bonds. The summed E-state index contributed by atoms with van der Waals surface area (Å²) in [5.41, 5.74) is 6.08. The number of anilines is 2. The van der Waals surface area contributed by atoms with Gasteiger partial charge in [-0.05, 0) is 60.7 Å². The van der Waals surface area contributed by atoms with Gasteiger partial charge in [-0.15, -0.1) is 0 Å². The summed E-state index contributed by atoms with van der Waals surface area (Å²) in [6.07, 6.45) is 3.23. The first-order valence-corrected chi connectivity index (χ1v) is 11.7. The van der Waals surface area contributed by atoms with Crippen LogP contribution in [-0.4, -0.2) is 24.8 Å². The SMILES string of the molecule is COc1ccc(N(C(=O)C(=O)Nc2ccccc2)C(C(N)=O)(c2ccccc2)C2CCCC2)cc1. The zero-order chi connectivity index (χ0) is 24.8. The Kier molecular flexibility index (Phi) is 7.15. The van der Waals surface area contributed by atoms with E-state index in [1.807, 2.05) is 24.3 Å². The maximum Gasteiger partial charge on any atom is 0.317 e. The second kappa shape index (κ2) is 10.4. The molecule has 0 spiro atoms. The van der Waals surface area contributed by atoms with E-state index >= 15 is 0 Å². The lowest BCUT2D eigenvalue weighted by Gasteiger charge is -2.45. The first-order valence-electron chi connectivity index (χ1n) is 11.7. The fraction of sp³-hybridized carbons (Fsp3) is 0.250. The van der Waals surface area contributed by atoms with Crippen LogP contribution in [0.3, 0.4) is 0 Å². The molecule has 4 rings (SSSR count). The number of nitrogens with zero attached hydrogens (tertiary/aromatic N) is 1. The number of primary amides is 1. The number of carbonyl (C=O) groups excluding carboxylic acids is 3. The highest BCUT2D eigenvalue weighted by molar-refractivity contribution is 6.45. The van der Waals surface area contributed by atoms with Crippen LogP contribution in [0.25, 0.3) is 0 Å². The van der Waals surface area contributed by atoms with E-state index in [9.17, 15) is 14.4 Å². The molecule has 0 radical (unpaired) electrons. The van der Waals surface area contributed by atoms with Crippen molar-refractivity contribution >= 4 is 29.1 Å². The van der Waals surface area contributed by atoms with E-state index in [0.717, 1.165) is 12.8 Å². The van der Waals surface area contributed by atoms with Gasteiger partial charge in [0.05, 0.1) is 7.11 Å². The van der Waals surface area contributed by atoms with Crippen LogP contribution in [0.15, 0.2) is 84.9 Å². The maximum absolute atomic E-state index is 14.0. The third kappa shape index (κ3) is 4.62. The lowest BCUT2D eigenvalue weighted by molar-refractivity contribution is -0.138. The summed E-state index contributed by atoms with van der Waals surface area (Å²) in [4.78, 5) is 42.0. The number of hydrogen-bond acceptors (Lipinski definition) is 4. The number of carbonyl (C=O) groups is 3. The topological polar surface area (TPSA) is 102 Å². The van der Waals surface area contributed by atoms with E-state index in [4.69, 9.17) is 10.5 Å². The highest BCUT2D eigenvalue weighted by Crippen LogP contribution is 2.47. The summed E-state index contributed by atoms with van der Waals surface area (Å²) in [5, 5.41) is 2.66. The molecule has 7 nitrogen and oxygen atoms in total. The molecule has 35 heavy (non-hydrogen) atoms. The third-order valence-corrected chi connectivity index (χ3v) is 6.65. The van der Waals surface area contributed by atoms with Crippen LogP contribution in [0.5, 0.6) is 5.75 Å². The molecule has 7 heteroatoms. The van der Waals surface area contributed by atoms with Crippen molar-refractivity contribution in [2.75, 3.05) is 17.3 Å². The number of amides is 3. The van der Waals surface area contributed by atoms with Crippen LogP contribution < -0.4 is 20.7 Å². The standard InChI is InChI=1S/C28H29N3O4/c1-35-24-18-16-23(17-19-24)31(26(33)25(32)30-22-14-6-3-7-15-22)28(27(29)34,21-12-8-9-13-21)20-10-4-2-5-11-20/h2-7,10-11,14-19,21H,8-9,12-13H2,1H3,(H2,29,34)(H,30,32). The summed E-state index contributed by atoms with van der Waals surface area (Å²) in [6, 6.07) is 24.5. The first-order chi connectivity index (χ1) is 17.0. The van der Waals surface area contributed by atoms with Crippen molar-refractivity contribution in [1.82, 2.24) is 0 Å². The molecule has 0 saturated heterocycles. The number of nitrogens with two attached hydrogens (primary N) is 1. The van der Waals surface area contributed by atoms with E-state index in [0.29, 0.717) is 35.5 Å². The predicted octanol–water partition coefficient (Wildman–Crippen LogP) is 4.24. The van der Waals surface area contributed by atoms with Gasteiger partial charge in [0.2, 0.25) is 5.91 Å². The second-order valence-corrected chi connectivity index (χ2v) is 8.64. The van der Waals surface area contributed by atoms with Crippen molar-refractivity contribution in [3.05, 3.63) is 90.5 Å². The van der Waals surface area contributed by atoms with Gasteiger partial charge in [-0.25, -0.2) is 0 Å². The van der Waals surface area contributed by atoms with E-state index < -0.39 is 23.3 Å². The van der Waals surface area contributed by atoms with Crippen molar-refractivity contribution in [3.63, 3.8) is 0 Å². The molecular weight excluding hydrogens is 442 g/mol. The minimum absolute atomic E-state index is 0.252. The van der Waals surface area contributed by atoms with Gasteiger partial charge in [0, 0.05) is 11.4 Å². The minimum atomic E-state index is -1.54. The molecule has 1 aliphatic carbocycles. The van der Waals surface area contributed by atoms with Crippen molar-refractivity contribution in [2.24, 2.45) is 11.7 Å². The second-order valence-electron chi connectivity index (χ2n) is 8.64. The van der Waals surface area contributed by atoms with E-state index in [1.165, 1.54) is 4.90 Å². The summed E-state index contributed by atoms with van der Waals surface area (Å²) in [5.74, 6) is -2.06. The smallest absolute Gasteiger partial charge is 0.317 e. The van der Waals surface area contributed by atoms with Gasteiger partial charge in [0.1, 0.15) is 5.75 Å².